The van der Waals surface area contributed by atoms with Crippen LogP contribution in [-0.2, 0) is 9.53 Å². The van der Waals surface area contributed by atoms with Crippen molar-refractivity contribution < 1.29 is 14.3 Å². The van der Waals surface area contributed by atoms with Crippen LogP contribution in [0.1, 0.15) is 12.5 Å². The van der Waals surface area contributed by atoms with Crippen LogP contribution in [0.2, 0.25) is 0 Å². The normalized spacial score (nSPS) is 10.4. The number of benzene rings is 1. The Bertz CT molecular complexity index is 399. The van der Waals surface area contributed by atoms with E-state index in [0.717, 1.165) is 16.8 Å². The van der Waals surface area contributed by atoms with E-state index in [0.29, 0.717) is 6.61 Å². The number of hydrogen-bond donors (Lipinski definition) is 0. The van der Waals surface area contributed by atoms with Crippen LogP contribution in [0.4, 0.5) is 0 Å². The van der Waals surface area contributed by atoms with Gasteiger partial charge in [0, 0.05) is 11.6 Å². The van der Waals surface area contributed by atoms with Crippen LogP contribution in [0.15, 0.2) is 24.3 Å². The number of ether oxygens (including phenoxy) is 2. The van der Waals surface area contributed by atoms with Crippen molar-refractivity contribution in [3.05, 3.63) is 29.8 Å². The molecule has 4 heteroatoms. The third kappa shape index (κ3) is 3.46. The monoisotopic (exact) mass is 218 g/mol. The van der Waals surface area contributed by atoms with Crippen LogP contribution in [0.3, 0.4) is 0 Å². The molecule has 0 aliphatic heterocycles. The minimum absolute atomic E-state index is 0.342. The van der Waals surface area contributed by atoms with Gasteiger partial charge in [-0.25, -0.2) is 4.79 Å². The molecule has 0 saturated heterocycles. The van der Waals surface area contributed by atoms with Crippen LogP contribution in [-0.4, -0.2) is 27.5 Å². The number of rotatable bonds is 4. The molecule has 84 valence electrons. The molecular weight excluding hydrogens is 203 g/mol. The van der Waals surface area contributed by atoms with E-state index in [1.165, 1.54) is 6.08 Å². The van der Waals surface area contributed by atoms with E-state index in [1.807, 2.05) is 26.0 Å². The van der Waals surface area contributed by atoms with Crippen LogP contribution < -0.4 is 10.2 Å². The average molecular weight is 218 g/mol. The highest BCUT2D eigenvalue weighted by Gasteiger charge is 2.00. The SMILES string of the molecule is Bc1ccc(/C=C/C(=O)OCC)c(OC)c1. The van der Waals surface area contributed by atoms with Gasteiger partial charge >= 0.3 is 5.97 Å². The molecule has 3 nitrogen and oxygen atoms in total. The summed E-state index contributed by atoms with van der Waals surface area (Å²) in [5.74, 6) is 0.408. The first kappa shape index (κ1) is 12.4. The summed E-state index contributed by atoms with van der Waals surface area (Å²) >= 11 is 0. The van der Waals surface area contributed by atoms with E-state index < -0.39 is 0 Å². The first-order valence-electron chi connectivity index (χ1n) is 5.17. The quantitative estimate of drug-likeness (QED) is 0.420. The summed E-state index contributed by atoms with van der Waals surface area (Å²) in [7, 11) is 3.60. The standard InChI is InChI=1S/C12H15BO3/c1-3-16-12(14)7-5-9-4-6-10(13)8-11(9)15-2/h4-8H,3,13H2,1-2H3/b7-5+. The fourth-order valence-electron chi connectivity index (χ4n) is 1.30. The molecule has 0 unspecified atom stereocenters. The molecule has 0 saturated carbocycles. The van der Waals surface area contributed by atoms with Crippen molar-refractivity contribution in [3.8, 4) is 5.75 Å². The second kappa shape index (κ2) is 6.00. The van der Waals surface area contributed by atoms with E-state index in [2.05, 4.69) is 0 Å². The zero-order valence-corrected chi connectivity index (χ0v) is 9.82. The lowest BCUT2D eigenvalue weighted by Crippen LogP contribution is -2.03. The summed E-state index contributed by atoms with van der Waals surface area (Å²) in [6.45, 7) is 2.16. The lowest BCUT2D eigenvalue weighted by Gasteiger charge is -2.05. The van der Waals surface area contributed by atoms with Crippen molar-refractivity contribution in [3.63, 3.8) is 0 Å². The third-order valence-electron chi connectivity index (χ3n) is 2.07. The van der Waals surface area contributed by atoms with Gasteiger partial charge in [-0.3, -0.25) is 0 Å². The molecule has 1 aromatic carbocycles. The first-order valence-corrected chi connectivity index (χ1v) is 5.17. The van der Waals surface area contributed by atoms with E-state index >= 15 is 0 Å². The number of carbonyl (C=O) groups excluding carboxylic acids is 1. The molecular formula is C12H15BO3. The molecule has 0 atom stereocenters. The highest BCUT2D eigenvalue weighted by atomic mass is 16.5. The molecule has 0 amide bonds. The van der Waals surface area contributed by atoms with Gasteiger partial charge in [0.05, 0.1) is 13.7 Å². The second-order valence-corrected chi connectivity index (χ2v) is 3.33. The van der Waals surface area contributed by atoms with Crippen molar-refractivity contribution in [2.24, 2.45) is 0 Å². The zero-order chi connectivity index (χ0) is 12.0. The van der Waals surface area contributed by atoms with Crippen LogP contribution in [0.5, 0.6) is 5.75 Å². The Kier molecular flexibility index (Phi) is 4.64. The van der Waals surface area contributed by atoms with Gasteiger partial charge in [0.2, 0.25) is 0 Å². The summed E-state index contributed by atoms with van der Waals surface area (Å²) in [4.78, 5) is 11.1. The number of esters is 1. The lowest BCUT2D eigenvalue weighted by molar-refractivity contribution is -0.137. The van der Waals surface area contributed by atoms with Gasteiger partial charge < -0.3 is 9.47 Å². The van der Waals surface area contributed by atoms with Gasteiger partial charge in [-0.15, -0.1) is 0 Å². The van der Waals surface area contributed by atoms with E-state index in [-0.39, 0.29) is 5.97 Å². The summed E-state index contributed by atoms with van der Waals surface area (Å²) in [6, 6.07) is 5.79. The fraction of sp³-hybridized carbons (Fsp3) is 0.250. The summed E-state index contributed by atoms with van der Waals surface area (Å²) in [5.41, 5.74) is 1.98. The Labute approximate surface area is 96.5 Å². The summed E-state index contributed by atoms with van der Waals surface area (Å²) in [6.07, 6.45) is 3.09. The highest BCUT2D eigenvalue weighted by molar-refractivity contribution is 6.32. The molecule has 0 fully saturated rings. The Morgan fingerprint density at radius 2 is 2.25 bits per heavy atom. The highest BCUT2D eigenvalue weighted by Crippen LogP contribution is 2.17. The Hall–Kier alpha value is -1.71. The average Bonchev–Trinajstić information content (AvgIpc) is 2.27. The van der Waals surface area contributed by atoms with Gasteiger partial charge in [-0.2, -0.15) is 0 Å². The van der Waals surface area contributed by atoms with Crippen LogP contribution in [0, 0.1) is 0 Å². The van der Waals surface area contributed by atoms with E-state index in [9.17, 15) is 4.79 Å². The molecule has 16 heavy (non-hydrogen) atoms. The predicted octanol–water partition coefficient (Wildman–Crippen LogP) is 0.530. The molecule has 0 bridgehead atoms. The number of carbonyl (C=O) groups is 1. The molecule has 1 aromatic rings. The summed E-state index contributed by atoms with van der Waals surface area (Å²) < 4.78 is 10.0. The second-order valence-electron chi connectivity index (χ2n) is 3.33. The van der Waals surface area contributed by atoms with Gasteiger partial charge in [0.1, 0.15) is 13.6 Å². The lowest BCUT2D eigenvalue weighted by atomic mass is 9.94. The predicted molar refractivity (Wildman–Crippen MR) is 66.8 cm³/mol. The molecule has 0 aromatic heterocycles. The Morgan fingerprint density at radius 1 is 1.50 bits per heavy atom. The maximum atomic E-state index is 11.1. The van der Waals surface area contributed by atoms with Gasteiger partial charge in [-0.1, -0.05) is 17.6 Å². The molecule has 1 rings (SSSR count). The maximum Gasteiger partial charge on any atom is 0.330 e. The molecule has 0 aliphatic carbocycles. The number of hydrogen-bond acceptors (Lipinski definition) is 3. The van der Waals surface area contributed by atoms with Gasteiger partial charge in [-0.05, 0) is 19.1 Å². The molecule has 0 spiro atoms. The van der Waals surface area contributed by atoms with Crippen molar-refractivity contribution in [2.75, 3.05) is 13.7 Å². The zero-order valence-electron chi connectivity index (χ0n) is 9.82. The van der Waals surface area contributed by atoms with Gasteiger partial charge in [0.25, 0.3) is 0 Å². The van der Waals surface area contributed by atoms with E-state index in [1.54, 1.807) is 20.1 Å². The summed E-state index contributed by atoms with van der Waals surface area (Å²) in [5, 5.41) is 0. The smallest absolute Gasteiger partial charge is 0.330 e. The Balaban J connectivity index is 2.84. The minimum atomic E-state index is -0.342. The topological polar surface area (TPSA) is 35.5 Å². The molecule has 0 radical (unpaired) electrons. The van der Waals surface area contributed by atoms with Crippen LogP contribution in [0.25, 0.3) is 6.08 Å². The molecule has 0 N–H and O–H groups in total. The van der Waals surface area contributed by atoms with Crippen molar-refractivity contribution in [2.45, 2.75) is 6.92 Å². The first-order chi connectivity index (χ1) is 7.67. The van der Waals surface area contributed by atoms with Crippen molar-refractivity contribution in [1.29, 1.82) is 0 Å². The molecule has 0 aliphatic rings. The third-order valence-corrected chi connectivity index (χ3v) is 2.07. The largest absolute Gasteiger partial charge is 0.496 e. The van der Waals surface area contributed by atoms with Crippen molar-refractivity contribution >= 4 is 25.4 Å². The van der Waals surface area contributed by atoms with Gasteiger partial charge in [0.15, 0.2) is 0 Å². The minimum Gasteiger partial charge on any atom is -0.496 e. The Morgan fingerprint density at radius 3 is 2.88 bits per heavy atom. The van der Waals surface area contributed by atoms with E-state index in [4.69, 9.17) is 9.47 Å². The number of methoxy groups -OCH3 is 1. The molecule has 0 heterocycles. The maximum absolute atomic E-state index is 11.1. The van der Waals surface area contributed by atoms with Crippen LogP contribution >= 0.6 is 0 Å². The van der Waals surface area contributed by atoms with Crippen molar-refractivity contribution in [1.82, 2.24) is 0 Å². The fourth-order valence-corrected chi connectivity index (χ4v) is 1.30.